The number of aryl methyl sites for hydroxylation is 1. The highest BCUT2D eigenvalue weighted by atomic mass is 19.4. The number of nitrogens with one attached hydrogen (secondary N) is 1. The van der Waals surface area contributed by atoms with Gasteiger partial charge in [-0.15, -0.1) is 0 Å². The molecule has 0 spiro atoms. The summed E-state index contributed by atoms with van der Waals surface area (Å²) in [5.74, 6) is -1.05. The van der Waals surface area contributed by atoms with Crippen LogP contribution in [0.3, 0.4) is 0 Å². The van der Waals surface area contributed by atoms with E-state index in [1.807, 2.05) is 12.1 Å². The van der Waals surface area contributed by atoms with E-state index in [1.165, 1.54) is 28.5 Å². The fraction of sp³-hybridized carbons (Fsp3) is 0.370. The first-order chi connectivity index (χ1) is 15.7. The SMILES string of the molecule is C[C@@H](N[C@@H]1CC[C@H](c2ccc(CCC(=O)O)c(C(F)(F)F)c2)C1)c1cccc2ccccc12. The second-order valence-corrected chi connectivity index (χ2v) is 8.97. The van der Waals surface area contributed by atoms with E-state index in [2.05, 4.69) is 42.6 Å². The highest BCUT2D eigenvalue weighted by Gasteiger charge is 2.35. The zero-order valence-electron chi connectivity index (χ0n) is 18.5. The third kappa shape index (κ3) is 5.38. The van der Waals surface area contributed by atoms with Crippen molar-refractivity contribution in [1.82, 2.24) is 5.32 Å². The molecule has 0 heterocycles. The summed E-state index contributed by atoms with van der Waals surface area (Å²) in [6.07, 6.45) is -2.43. The molecule has 0 saturated heterocycles. The predicted molar refractivity (Wildman–Crippen MR) is 123 cm³/mol. The zero-order chi connectivity index (χ0) is 23.6. The molecule has 6 heteroatoms. The van der Waals surface area contributed by atoms with Gasteiger partial charge in [0, 0.05) is 18.5 Å². The van der Waals surface area contributed by atoms with Gasteiger partial charge in [0.15, 0.2) is 0 Å². The Morgan fingerprint density at radius 1 is 1.09 bits per heavy atom. The number of carboxylic acids is 1. The normalized spacial score (nSPS) is 19.6. The number of hydrogen-bond acceptors (Lipinski definition) is 2. The molecule has 3 aromatic carbocycles. The minimum atomic E-state index is -4.50. The Morgan fingerprint density at radius 2 is 1.85 bits per heavy atom. The van der Waals surface area contributed by atoms with Crippen molar-refractivity contribution in [2.75, 3.05) is 0 Å². The number of carbonyl (C=O) groups is 1. The van der Waals surface area contributed by atoms with Crippen LogP contribution in [0.4, 0.5) is 13.2 Å². The molecule has 0 amide bonds. The third-order valence-corrected chi connectivity index (χ3v) is 6.73. The molecule has 1 aliphatic carbocycles. The monoisotopic (exact) mass is 455 g/mol. The number of halogens is 3. The van der Waals surface area contributed by atoms with Crippen LogP contribution >= 0.6 is 0 Å². The number of hydrogen-bond donors (Lipinski definition) is 2. The summed E-state index contributed by atoms with van der Waals surface area (Å²) in [5, 5.41) is 14.9. The van der Waals surface area contributed by atoms with Crippen molar-refractivity contribution in [2.45, 2.75) is 63.2 Å². The van der Waals surface area contributed by atoms with Gasteiger partial charge in [-0.05, 0) is 72.1 Å². The first-order valence-corrected chi connectivity index (χ1v) is 11.4. The van der Waals surface area contributed by atoms with Crippen molar-refractivity contribution in [1.29, 1.82) is 0 Å². The number of aliphatic carboxylic acids is 1. The fourth-order valence-electron chi connectivity index (χ4n) is 5.08. The Labute approximate surface area is 191 Å². The maximum atomic E-state index is 13.6. The molecule has 1 fully saturated rings. The van der Waals surface area contributed by atoms with Gasteiger partial charge in [-0.3, -0.25) is 4.79 Å². The van der Waals surface area contributed by atoms with Gasteiger partial charge < -0.3 is 10.4 Å². The van der Waals surface area contributed by atoms with Gasteiger partial charge in [-0.25, -0.2) is 0 Å². The number of benzene rings is 3. The van der Waals surface area contributed by atoms with E-state index in [0.29, 0.717) is 5.56 Å². The van der Waals surface area contributed by atoms with Gasteiger partial charge in [-0.1, -0.05) is 54.6 Å². The third-order valence-electron chi connectivity index (χ3n) is 6.73. The van der Waals surface area contributed by atoms with E-state index >= 15 is 0 Å². The van der Waals surface area contributed by atoms with Crippen molar-refractivity contribution in [2.24, 2.45) is 0 Å². The van der Waals surface area contributed by atoms with Crippen molar-refractivity contribution >= 4 is 16.7 Å². The van der Waals surface area contributed by atoms with E-state index in [9.17, 15) is 18.0 Å². The lowest BCUT2D eigenvalue weighted by atomic mass is 9.92. The first-order valence-electron chi connectivity index (χ1n) is 11.4. The molecule has 2 N–H and O–H groups in total. The lowest BCUT2D eigenvalue weighted by Gasteiger charge is -2.22. The predicted octanol–water partition coefficient (Wildman–Crippen LogP) is 6.86. The topological polar surface area (TPSA) is 49.3 Å². The quantitative estimate of drug-likeness (QED) is 0.409. The van der Waals surface area contributed by atoms with Crippen LogP contribution in [-0.4, -0.2) is 17.1 Å². The van der Waals surface area contributed by atoms with Gasteiger partial charge in [0.1, 0.15) is 0 Å². The number of carboxylic acid groups (broad SMARTS) is 1. The molecule has 0 aromatic heterocycles. The van der Waals surface area contributed by atoms with Gasteiger partial charge in [-0.2, -0.15) is 13.2 Å². The molecule has 3 nitrogen and oxygen atoms in total. The van der Waals surface area contributed by atoms with Gasteiger partial charge in [0.2, 0.25) is 0 Å². The average Bonchev–Trinajstić information content (AvgIpc) is 3.25. The molecule has 33 heavy (non-hydrogen) atoms. The standard InChI is InChI=1S/C27H28F3NO2/c1-17(23-8-4-6-18-5-2-3-7-24(18)23)31-22-13-11-20(15-22)21-10-9-19(12-14-26(32)33)25(16-21)27(28,29)30/h2-10,16-17,20,22,31H,11-15H2,1H3,(H,32,33)/t17-,20+,22-/m1/s1. The smallest absolute Gasteiger partial charge is 0.416 e. The first kappa shape index (κ1) is 23.3. The van der Waals surface area contributed by atoms with Crippen LogP contribution < -0.4 is 5.32 Å². The van der Waals surface area contributed by atoms with Crippen molar-refractivity contribution in [3.05, 3.63) is 82.9 Å². The van der Waals surface area contributed by atoms with Crippen LogP contribution in [0, 0.1) is 0 Å². The van der Waals surface area contributed by atoms with Gasteiger partial charge >= 0.3 is 12.1 Å². The summed E-state index contributed by atoms with van der Waals surface area (Å²) >= 11 is 0. The second-order valence-electron chi connectivity index (χ2n) is 8.97. The summed E-state index contributed by atoms with van der Waals surface area (Å²) in [5.41, 5.74) is 1.25. The number of rotatable bonds is 7. The number of fused-ring (bicyclic) bond motifs is 1. The van der Waals surface area contributed by atoms with Crippen molar-refractivity contribution in [3.63, 3.8) is 0 Å². The zero-order valence-corrected chi connectivity index (χ0v) is 18.5. The lowest BCUT2D eigenvalue weighted by Crippen LogP contribution is -2.29. The Bertz CT molecular complexity index is 1140. The minimum Gasteiger partial charge on any atom is -0.481 e. The maximum Gasteiger partial charge on any atom is 0.416 e. The Kier molecular flexibility index (Phi) is 6.75. The Morgan fingerprint density at radius 3 is 2.61 bits per heavy atom. The van der Waals surface area contributed by atoms with Crippen LogP contribution in [0.25, 0.3) is 10.8 Å². The maximum absolute atomic E-state index is 13.6. The lowest BCUT2D eigenvalue weighted by molar-refractivity contribution is -0.140. The van der Waals surface area contributed by atoms with Crippen LogP contribution in [0.5, 0.6) is 0 Å². The van der Waals surface area contributed by atoms with Crippen molar-refractivity contribution in [3.8, 4) is 0 Å². The molecular formula is C27H28F3NO2. The van der Waals surface area contributed by atoms with Crippen LogP contribution in [0.2, 0.25) is 0 Å². The molecule has 174 valence electrons. The summed E-state index contributed by atoms with van der Waals surface area (Å²) in [6.45, 7) is 2.13. The molecule has 3 aromatic rings. The summed E-state index contributed by atoms with van der Waals surface area (Å²) in [6, 6.07) is 19.3. The van der Waals surface area contributed by atoms with Crippen LogP contribution in [0.15, 0.2) is 60.7 Å². The van der Waals surface area contributed by atoms with Crippen LogP contribution in [-0.2, 0) is 17.4 Å². The molecule has 4 rings (SSSR count). The van der Waals surface area contributed by atoms with Crippen LogP contribution in [0.1, 0.15) is 66.8 Å². The second kappa shape index (κ2) is 9.56. The fourth-order valence-corrected chi connectivity index (χ4v) is 5.08. The van der Waals surface area contributed by atoms with Gasteiger partial charge in [0.05, 0.1) is 5.56 Å². The molecule has 0 aliphatic heterocycles. The van der Waals surface area contributed by atoms with E-state index < -0.39 is 17.7 Å². The summed E-state index contributed by atoms with van der Waals surface area (Å²) < 4.78 is 40.9. The highest BCUT2D eigenvalue weighted by molar-refractivity contribution is 5.86. The van der Waals surface area contributed by atoms with E-state index in [-0.39, 0.29) is 36.4 Å². The molecule has 1 aliphatic rings. The molecule has 0 radical (unpaired) electrons. The van der Waals surface area contributed by atoms with E-state index in [4.69, 9.17) is 5.11 Å². The molecule has 0 bridgehead atoms. The van der Waals surface area contributed by atoms with Crippen molar-refractivity contribution < 1.29 is 23.1 Å². The summed E-state index contributed by atoms with van der Waals surface area (Å²) in [4.78, 5) is 10.8. The molecule has 3 atom stereocenters. The highest BCUT2D eigenvalue weighted by Crippen LogP contribution is 2.40. The average molecular weight is 456 g/mol. The van der Waals surface area contributed by atoms with E-state index in [1.54, 1.807) is 6.07 Å². The molecule has 1 saturated carbocycles. The van der Waals surface area contributed by atoms with Gasteiger partial charge in [0.25, 0.3) is 0 Å². The Hall–Kier alpha value is -2.86. The largest absolute Gasteiger partial charge is 0.481 e. The molecular weight excluding hydrogens is 427 g/mol. The number of alkyl halides is 3. The summed E-state index contributed by atoms with van der Waals surface area (Å²) in [7, 11) is 0. The van der Waals surface area contributed by atoms with E-state index in [0.717, 1.165) is 19.3 Å². The molecule has 0 unspecified atom stereocenters. The Balaban J connectivity index is 1.47. The minimum absolute atomic E-state index is 0.0471.